The lowest BCUT2D eigenvalue weighted by Crippen LogP contribution is -2.31. The Kier molecular flexibility index (Phi) is 7.35. The van der Waals surface area contributed by atoms with Crippen molar-refractivity contribution in [3.05, 3.63) is 48.0 Å². The third-order valence-corrected chi connectivity index (χ3v) is 6.28. The number of amides is 2. The molecule has 0 spiro atoms. The zero-order valence-corrected chi connectivity index (χ0v) is 17.7. The second-order valence-corrected chi connectivity index (χ2v) is 8.07. The van der Waals surface area contributed by atoms with E-state index in [1.165, 1.54) is 36.5 Å². The summed E-state index contributed by atoms with van der Waals surface area (Å²) in [6, 6.07) is 10.9. The van der Waals surface area contributed by atoms with Gasteiger partial charge in [0.05, 0.1) is 7.11 Å². The van der Waals surface area contributed by atoms with Gasteiger partial charge in [0.25, 0.3) is 5.91 Å². The smallest absolute Gasteiger partial charge is 0.255 e. The molecule has 9 heteroatoms. The number of sulfonamides is 1. The first-order valence-corrected chi connectivity index (χ1v) is 10.5. The molecule has 0 aliphatic carbocycles. The number of carbonyl (C=O) groups is 2. The van der Waals surface area contributed by atoms with Crippen molar-refractivity contribution in [2.75, 3.05) is 30.8 Å². The van der Waals surface area contributed by atoms with Gasteiger partial charge in [0.15, 0.2) is 0 Å². The van der Waals surface area contributed by atoms with Crippen molar-refractivity contribution < 1.29 is 22.7 Å². The molecule has 2 N–H and O–H groups in total. The lowest BCUT2D eigenvalue weighted by Gasteiger charge is -2.20. The highest BCUT2D eigenvalue weighted by atomic mass is 32.2. The summed E-state index contributed by atoms with van der Waals surface area (Å²) in [5.74, 6) is -0.481. The molecule has 2 aromatic rings. The van der Waals surface area contributed by atoms with E-state index in [-0.39, 0.29) is 22.1 Å². The molecule has 0 heterocycles. The van der Waals surface area contributed by atoms with E-state index < -0.39 is 15.9 Å². The summed E-state index contributed by atoms with van der Waals surface area (Å²) in [4.78, 5) is 23.7. The van der Waals surface area contributed by atoms with Crippen molar-refractivity contribution in [3.8, 4) is 5.75 Å². The third-order valence-electron chi connectivity index (χ3n) is 4.21. The Morgan fingerprint density at radius 1 is 0.966 bits per heavy atom. The molecule has 0 bridgehead atoms. The summed E-state index contributed by atoms with van der Waals surface area (Å²) in [6.45, 7) is 5.50. The fraction of sp³-hybridized carbons (Fsp3) is 0.300. The number of benzene rings is 2. The largest absolute Gasteiger partial charge is 0.495 e. The zero-order chi connectivity index (χ0) is 21.6. The first-order chi connectivity index (χ1) is 13.7. The van der Waals surface area contributed by atoms with Crippen LogP contribution in [0, 0.1) is 0 Å². The minimum Gasteiger partial charge on any atom is -0.495 e. The molecule has 0 unspecified atom stereocenters. The fourth-order valence-electron chi connectivity index (χ4n) is 2.77. The standard InChI is InChI=1S/C20H25N3O5S/c1-5-23(6-2)29(26,27)19-13-15(7-12-18(19)28-4)20(25)22-17-10-8-16(9-11-17)21-14(3)24/h7-13H,5-6H2,1-4H3,(H,21,24)(H,22,25). The molecular formula is C20H25N3O5S. The zero-order valence-electron chi connectivity index (χ0n) is 16.9. The molecule has 29 heavy (non-hydrogen) atoms. The van der Waals surface area contributed by atoms with Gasteiger partial charge in [0.2, 0.25) is 15.9 Å². The molecule has 0 aliphatic heterocycles. The maximum absolute atomic E-state index is 12.9. The summed E-state index contributed by atoms with van der Waals surface area (Å²) in [5, 5.41) is 5.35. The molecular weight excluding hydrogens is 394 g/mol. The van der Waals surface area contributed by atoms with Gasteiger partial charge in [0, 0.05) is 37.0 Å². The Bertz CT molecular complexity index is 984. The molecule has 2 aromatic carbocycles. The second-order valence-electron chi connectivity index (χ2n) is 6.17. The van der Waals surface area contributed by atoms with Gasteiger partial charge in [-0.2, -0.15) is 4.31 Å². The Morgan fingerprint density at radius 2 is 1.52 bits per heavy atom. The molecule has 0 radical (unpaired) electrons. The van der Waals surface area contributed by atoms with Crippen molar-refractivity contribution in [1.29, 1.82) is 0 Å². The van der Waals surface area contributed by atoms with Crippen LogP contribution in [0.5, 0.6) is 5.75 Å². The number of anilines is 2. The van der Waals surface area contributed by atoms with Crippen LogP contribution in [0.15, 0.2) is 47.4 Å². The van der Waals surface area contributed by atoms with Crippen LogP contribution in [-0.2, 0) is 14.8 Å². The van der Waals surface area contributed by atoms with E-state index in [1.54, 1.807) is 38.1 Å². The number of hydrogen-bond donors (Lipinski definition) is 2. The van der Waals surface area contributed by atoms with E-state index in [1.807, 2.05) is 0 Å². The number of methoxy groups -OCH3 is 1. The number of nitrogens with one attached hydrogen (secondary N) is 2. The van der Waals surface area contributed by atoms with Crippen molar-refractivity contribution in [2.24, 2.45) is 0 Å². The van der Waals surface area contributed by atoms with Crippen LogP contribution in [0.25, 0.3) is 0 Å². The lowest BCUT2D eigenvalue weighted by atomic mass is 10.2. The van der Waals surface area contributed by atoms with Gasteiger partial charge in [-0.25, -0.2) is 8.42 Å². The van der Waals surface area contributed by atoms with Crippen LogP contribution in [0.2, 0.25) is 0 Å². The normalized spacial score (nSPS) is 11.2. The summed E-state index contributed by atoms with van der Waals surface area (Å²) < 4.78 is 32.3. The summed E-state index contributed by atoms with van der Waals surface area (Å²) in [6.07, 6.45) is 0. The number of carbonyl (C=O) groups excluding carboxylic acids is 2. The van der Waals surface area contributed by atoms with Gasteiger partial charge in [0.1, 0.15) is 10.6 Å². The fourth-order valence-corrected chi connectivity index (χ4v) is 4.41. The lowest BCUT2D eigenvalue weighted by molar-refractivity contribution is -0.114. The summed E-state index contributed by atoms with van der Waals surface area (Å²) in [7, 11) is -2.42. The van der Waals surface area contributed by atoms with Crippen molar-refractivity contribution in [3.63, 3.8) is 0 Å². The van der Waals surface area contributed by atoms with Crippen LogP contribution in [0.3, 0.4) is 0 Å². The Hall–Kier alpha value is -2.91. The van der Waals surface area contributed by atoms with Gasteiger partial charge in [-0.05, 0) is 42.5 Å². The first kappa shape index (κ1) is 22.4. The Labute approximate surface area is 170 Å². The average Bonchev–Trinajstić information content (AvgIpc) is 2.69. The van der Waals surface area contributed by atoms with Crippen LogP contribution < -0.4 is 15.4 Å². The van der Waals surface area contributed by atoms with Gasteiger partial charge in [-0.3, -0.25) is 9.59 Å². The average molecular weight is 420 g/mol. The van der Waals surface area contributed by atoms with E-state index >= 15 is 0 Å². The monoisotopic (exact) mass is 419 g/mol. The van der Waals surface area contributed by atoms with Crippen molar-refractivity contribution in [1.82, 2.24) is 4.31 Å². The van der Waals surface area contributed by atoms with Gasteiger partial charge >= 0.3 is 0 Å². The minimum atomic E-state index is -3.80. The highest BCUT2D eigenvalue weighted by Gasteiger charge is 2.26. The van der Waals surface area contributed by atoms with Crippen LogP contribution >= 0.6 is 0 Å². The first-order valence-electron chi connectivity index (χ1n) is 9.10. The number of rotatable bonds is 8. The van der Waals surface area contributed by atoms with Crippen LogP contribution in [-0.4, -0.2) is 44.7 Å². The van der Waals surface area contributed by atoms with Crippen molar-refractivity contribution in [2.45, 2.75) is 25.7 Å². The van der Waals surface area contributed by atoms with Gasteiger partial charge < -0.3 is 15.4 Å². The van der Waals surface area contributed by atoms with E-state index in [9.17, 15) is 18.0 Å². The minimum absolute atomic E-state index is 0.0580. The molecule has 0 aromatic heterocycles. The highest BCUT2D eigenvalue weighted by Crippen LogP contribution is 2.28. The molecule has 156 valence electrons. The molecule has 0 saturated carbocycles. The molecule has 2 amide bonds. The number of nitrogens with zero attached hydrogens (tertiary/aromatic N) is 1. The third kappa shape index (κ3) is 5.33. The second kappa shape index (κ2) is 9.53. The SMILES string of the molecule is CCN(CC)S(=O)(=O)c1cc(C(=O)Nc2ccc(NC(C)=O)cc2)ccc1OC. The molecule has 8 nitrogen and oxygen atoms in total. The quantitative estimate of drug-likeness (QED) is 0.684. The molecule has 0 atom stereocenters. The summed E-state index contributed by atoms with van der Waals surface area (Å²) >= 11 is 0. The highest BCUT2D eigenvalue weighted by molar-refractivity contribution is 7.89. The number of ether oxygens (including phenoxy) is 1. The molecule has 2 rings (SSSR count). The molecule has 0 saturated heterocycles. The Balaban J connectivity index is 2.31. The maximum atomic E-state index is 12.9. The van der Waals surface area contributed by atoms with E-state index in [4.69, 9.17) is 4.74 Å². The molecule has 0 fully saturated rings. The predicted octanol–water partition coefficient (Wildman–Crippen LogP) is 2.94. The van der Waals surface area contributed by atoms with Crippen molar-refractivity contribution >= 4 is 33.2 Å². The van der Waals surface area contributed by atoms with E-state index in [0.717, 1.165) is 0 Å². The van der Waals surface area contributed by atoms with Crippen LogP contribution in [0.4, 0.5) is 11.4 Å². The van der Waals surface area contributed by atoms with Crippen LogP contribution in [0.1, 0.15) is 31.1 Å². The van der Waals surface area contributed by atoms with Gasteiger partial charge in [-0.15, -0.1) is 0 Å². The van der Waals surface area contributed by atoms with Gasteiger partial charge in [-0.1, -0.05) is 13.8 Å². The van der Waals surface area contributed by atoms with E-state index in [2.05, 4.69) is 10.6 Å². The maximum Gasteiger partial charge on any atom is 0.255 e. The predicted molar refractivity (Wildman–Crippen MR) is 112 cm³/mol. The molecule has 0 aliphatic rings. The Morgan fingerprint density at radius 3 is 2.00 bits per heavy atom. The number of hydrogen-bond acceptors (Lipinski definition) is 5. The van der Waals surface area contributed by atoms with E-state index in [0.29, 0.717) is 24.5 Å². The summed E-state index contributed by atoms with van der Waals surface area (Å²) in [5.41, 5.74) is 1.29. The topological polar surface area (TPSA) is 105 Å².